The highest BCUT2D eigenvalue weighted by atomic mass is 32.2. The number of nitrogens with one attached hydrogen (secondary N) is 1. The lowest BCUT2D eigenvalue weighted by Gasteiger charge is -2.39. The molecule has 128 valence electrons. The second kappa shape index (κ2) is 5.10. The first-order valence-electron chi connectivity index (χ1n) is 8.10. The van der Waals surface area contributed by atoms with Crippen LogP contribution in [0.15, 0.2) is 16.5 Å². The van der Waals surface area contributed by atoms with Crippen LogP contribution in [0.4, 0.5) is 0 Å². The molecule has 0 aliphatic heterocycles. The molecule has 1 N–H and O–H groups in total. The molecule has 0 spiro atoms. The van der Waals surface area contributed by atoms with E-state index in [2.05, 4.69) is 26.1 Å². The normalized spacial score (nSPS) is 32.2. The molecule has 2 aliphatic rings. The number of carbonyl (C=O) groups is 1. The second-order valence-corrected chi connectivity index (χ2v) is 10.1. The molecule has 2 bridgehead atoms. The van der Waals surface area contributed by atoms with Crippen molar-refractivity contribution in [1.82, 2.24) is 5.32 Å². The highest BCUT2D eigenvalue weighted by Crippen LogP contribution is 2.65. The highest BCUT2D eigenvalue weighted by Gasteiger charge is 2.61. The van der Waals surface area contributed by atoms with E-state index in [-0.39, 0.29) is 34.3 Å². The topological polar surface area (TPSA) is 76.4 Å². The Morgan fingerprint density at radius 1 is 1.35 bits per heavy atom. The van der Waals surface area contributed by atoms with Gasteiger partial charge in [0.2, 0.25) is 0 Å². The van der Waals surface area contributed by atoms with Crippen LogP contribution in [0.1, 0.15) is 56.3 Å². The van der Waals surface area contributed by atoms with Crippen molar-refractivity contribution >= 4 is 15.7 Å². The Morgan fingerprint density at radius 3 is 2.57 bits per heavy atom. The summed E-state index contributed by atoms with van der Waals surface area (Å²) in [6.45, 7) is 6.87. The minimum Gasteiger partial charge on any atom is -0.455 e. The Kier molecular flexibility index (Phi) is 3.67. The average molecular weight is 339 g/mol. The molecule has 3 atom stereocenters. The van der Waals surface area contributed by atoms with Gasteiger partial charge in [0.05, 0.1) is 0 Å². The Hall–Kier alpha value is -1.30. The smallest absolute Gasteiger partial charge is 0.287 e. The summed E-state index contributed by atoms with van der Waals surface area (Å²) < 4.78 is 28.0. The van der Waals surface area contributed by atoms with E-state index in [1.807, 2.05) is 0 Å². The number of amides is 1. The first-order chi connectivity index (χ1) is 10.5. The van der Waals surface area contributed by atoms with Crippen LogP contribution < -0.4 is 5.32 Å². The van der Waals surface area contributed by atoms with Crippen LogP contribution >= 0.6 is 0 Å². The molecule has 23 heavy (non-hydrogen) atoms. The molecule has 1 heterocycles. The van der Waals surface area contributed by atoms with Gasteiger partial charge in [-0.05, 0) is 48.1 Å². The Balaban J connectivity index is 1.71. The molecule has 5 nitrogen and oxygen atoms in total. The summed E-state index contributed by atoms with van der Waals surface area (Å²) in [6.07, 6.45) is 4.52. The zero-order valence-electron chi connectivity index (χ0n) is 14.2. The van der Waals surface area contributed by atoms with Crippen molar-refractivity contribution in [3.8, 4) is 0 Å². The van der Waals surface area contributed by atoms with Gasteiger partial charge in [0.15, 0.2) is 15.6 Å². The fourth-order valence-corrected chi connectivity index (χ4v) is 5.16. The van der Waals surface area contributed by atoms with Crippen molar-refractivity contribution in [2.75, 3.05) is 6.26 Å². The average Bonchev–Trinajstić information content (AvgIpc) is 2.99. The van der Waals surface area contributed by atoms with Crippen LogP contribution in [0.3, 0.4) is 0 Å². The van der Waals surface area contributed by atoms with E-state index >= 15 is 0 Å². The standard InChI is InChI=1S/C17H25NO4S/c1-16(2)11-7-8-17(16,3)14(9-11)18-15(19)13-6-5-12(22-13)10-23(4,20)21/h5-6,11,14H,7-10H2,1-4H3,(H,18,19)/t11-,14-,17-/m0/s1. The predicted octanol–water partition coefficient (Wildman–Crippen LogP) is 2.77. The number of furan rings is 1. The van der Waals surface area contributed by atoms with E-state index in [1.54, 1.807) is 12.1 Å². The Labute approximate surface area is 137 Å². The molecule has 0 aromatic carbocycles. The summed E-state index contributed by atoms with van der Waals surface area (Å²) in [5.41, 5.74) is 0.338. The summed E-state index contributed by atoms with van der Waals surface area (Å²) in [5.74, 6) is 0.704. The molecule has 0 radical (unpaired) electrons. The lowest BCUT2D eigenvalue weighted by Crippen LogP contribution is -2.46. The van der Waals surface area contributed by atoms with Crippen molar-refractivity contribution in [2.24, 2.45) is 16.7 Å². The number of rotatable bonds is 4. The number of hydrogen-bond donors (Lipinski definition) is 1. The molecule has 2 aliphatic carbocycles. The summed E-state index contributed by atoms with van der Waals surface area (Å²) in [6, 6.07) is 3.26. The molecular weight excluding hydrogens is 314 g/mol. The molecular formula is C17H25NO4S. The SMILES string of the molecule is CC1(C)[C@H]2CC[C@@]1(C)[C@@H](NC(=O)c1ccc(CS(C)(=O)=O)o1)C2. The van der Waals surface area contributed by atoms with Gasteiger partial charge in [-0.2, -0.15) is 0 Å². The van der Waals surface area contributed by atoms with Crippen LogP contribution in [-0.4, -0.2) is 26.6 Å². The van der Waals surface area contributed by atoms with Gasteiger partial charge in [0, 0.05) is 12.3 Å². The number of sulfone groups is 1. The molecule has 6 heteroatoms. The zero-order valence-corrected chi connectivity index (χ0v) is 15.0. The summed E-state index contributed by atoms with van der Waals surface area (Å²) in [4.78, 5) is 12.5. The summed E-state index contributed by atoms with van der Waals surface area (Å²) >= 11 is 0. The fourth-order valence-electron chi connectivity index (χ4n) is 4.49. The van der Waals surface area contributed by atoms with Crippen LogP contribution in [0.5, 0.6) is 0 Å². The van der Waals surface area contributed by atoms with Gasteiger partial charge >= 0.3 is 0 Å². The quantitative estimate of drug-likeness (QED) is 0.915. The fraction of sp³-hybridized carbons (Fsp3) is 0.706. The number of fused-ring (bicyclic) bond motifs is 2. The molecule has 2 saturated carbocycles. The highest BCUT2D eigenvalue weighted by molar-refractivity contribution is 7.89. The van der Waals surface area contributed by atoms with Crippen molar-refractivity contribution < 1.29 is 17.6 Å². The van der Waals surface area contributed by atoms with E-state index in [1.165, 1.54) is 6.42 Å². The van der Waals surface area contributed by atoms with Crippen molar-refractivity contribution in [1.29, 1.82) is 0 Å². The molecule has 2 fully saturated rings. The molecule has 1 amide bonds. The summed E-state index contributed by atoms with van der Waals surface area (Å²) in [7, 11) is -3.17. The number of hydrogen-bond acceptors (Lipinski definition) is 4. The van der Waals surface area contributed by atoms with E-state index in [0.717, 1.165) is 19.1 Å². The Bertz CT molecular complexity index is 734. The van der Waals surface area contributed by atoms with Crippen LogP contribution in [0.2, 0.25) is 0 Å². The van der Waals surface area contributed by atoms with Crippen molar-refractivity contribution in [3.05, 3.63) is 23.7 Å². The van der Waals surface area contributed by atoms with E-state index < -0.39 is 9.84 Å². The molecule has 0 saturated heterocycles. The Morgan fingerprint density at radius 2 is 2.04 bits per heavy atom. The monoisotopic (exact) mass is 339 g/mol. The minimum absolute atomic E-state index is 0.107. The van der Waals surface area contributed by atoms with Gasteiger partial charge in [-0.3, -0.25) is 4.79 Å². The third-order valence-corrected chi connectivity index (χ3v) is 7.20. The molecule has 3 rings (SSSR count). The third-order valence-electron chi connectivity index (χ3n) is 6.39. The maximum absolute atomic E-state index is 12.5. The van der Waals surface area contributed by atoms with Gasteiger partial charge in [0.25, 0.3) is 5.91 Å². The molecule has 0 unspecified atom stereocenters. The molecule has 1 aromatic rings. The maximum Gasteiger partial charge on any atom is 0.287 e. The maximum atomic E-state index is 12.5. The van der Waals surface area contributed by atoms with Crippen LogP contribution in [0, 0.1) is 16.7 Å². The largest absolute Gasteiger partial charge is 0.455 e. The van der Waals surface area contributed by atoms with E-state index in [0.29, 0.717) is 11.7 Å². The lowest BCUT2D eigenvalue weighted by molar-refractivity contribution is 0.0799. The zero-order chi connectivity index (χ0) is 17.0. The van der Waals surface area contributed by atoms with Crippen LogP contribution in [0.25, 0.3) is 0 Å². The van der Waals surface area contributed by atoms with Crippen molar-refractivity contribution in [3.63, 3.8) is 0 Å². The molecule has 1 aromatic heterocycles. The first kappa shape index (κ1) is 16.6. The van der Waals surface area contributed by atoms with Gasteiger partial charge < -0.3 is 9.73 Å². The second-order valence-electron chi connectivity index (χ2n) is 7.97. The predicted molar refractivity (Wildman–Crippen MR) is 87.7 cm³/mol. The van der Waals surface area contributed by atoms with E-state index in [4.69, 9.17) is 4.42 Å². The van der Waals surface area contributed by atoms with Gasteiger partial charge in [-0.25, -0.2) is 8.42 Å². The van der Waals surface area contributed by atoms with Gasteiger partial charge in [-0.15, -0.1) is 0 Å². The van der Waals surface area contributed by atoms with E-state index in [9.17, 15) is 13.2 Å². The summed E-state index contributed by atoms with van der Waals surface area (Å²) in [5, 5.41) is 3.12. The van der Waals surface area contributed by atoms with Crippen molar-refractivity contribution in [2.45, 2.75) is 51.8 Å². The van der Waals surface area contributed by atoms with Gasteiger partial charge in [-0.1, -0.05) is 20.8 Å². The van der Waals surface area contributed by atoms with Crippen LogP contribution in [-0.2, 0) is 15.6 Å². The minimum atomic E-state index is -3.17. The first-order valence-corrected chi connectivity index (χ1v) is 10.2. The van der Waals surface area contributed by atoms with Gasteiger partial charge in [0.1, 0.15) is 11.5 Å². The number of carbonyl (C=O) groups excluding carboxylic acids is 1. The third kappa shape index (κ3) is 2.71. The lowest BCUT2D eigenvalue weighted by atomic mass is 9.69.